The maximum absolute atomic E-state index is 13.1. The highest BCUT2D eigenvalue weighted by Gasteiger charge is 2.26. The number of nitrogens with zero attached hydrogens (tertiary/aromatic N) is 7. The van der Waals surface area contributed by atoms with Crippen LogP contribution in [0.15, 0.2) is 42.7 Å². The molecule has 1 aliphatic heterocycles. The molecule has 0 aliphatic carbocycles. The van der Waals surface area contributed by atoms with E-state index in [0.29, 0.717) is 29.9 Å². The summed E-state index contributed by atoms with van der Waals surface area (Å²) in [6, 6.07) is 9.53. The van der Waals surface area contributed by atoms with Crippen LogP contribution in [0.25, 0.3) is 22.2 Å². The zero-order chi connectivity index (χ0) is 29.4. The molecular weight excluding hydrogens is 534 g/mol. The fourth-order valence-corrected chi connectivity index (χ4v) is 5.19. The number of anilines is 4. The van der Waals surface area contributed by atoms with E-state index in [2.05, 4.69) is 40.6 Å². The normalized spacial score (nSPS) is 15.3. The van der Waals surface area contributed by atoms with E-state index in [1.54, 1.807) is 16.9 Å². The number of hydrogen-bond acceptors (Lipinski definition) is 10. The summed E-state index contributed by atoms with van der Waals surface area (Å²) in [6.45, 7) is 7.42. The molecule has 0 radical (unpaired) electrons. The molecule has 5 heterocycles. The molecule has 13 heteroatoms. The summed E-state index contributed by atoms with van der Waals surface area (Å²) in [5.41, 5.74) is 11.7. The van der Waals surface area contributed by atoms with Crippen LogP contribution in [-0.2, 0) is 11.8 Å². The van der Waals surface area contributed by atoms with Crippen molar-refractivity contribution in [1.82, 2.24) is 39.6 Å². The fraction of sp³-hybridized carbons (Fsp3) is 0.310. The molecule has 1 saturated heterocycles. The Morgan fingerprint density at radius 1 is 1.19 bits per heavy atom. The largest absolute Gasteiger partial charge is 0.473 e. The maximum atomic E-state index is 13.1. The van der Waals surface area contributed by atoms with Crippen molar-refractivity contribution < 1.29 is 9.53 Å². The van der Waals surface area contributed by atoms with Gasteiger partial charge in [0.15, 0.2) is 5.82 Å². The topological polar surface area (TPSA) is 165 Å². The van der Waals surface area contributed by atoms with Crippen LogP contribution in [0.1, 0.15) is 23.4 Å². The summed E-state index contributed by atoms with van der Waals surface area (Å²) >= 11 is 0. The van der Waals surface area contributed by atoms with Gasteiger partial charge in [-0.15, -0.1) is 0 Å². The molecule has 1 atom stereocenters. The van der Waals surface area contributed by atoms with Crippen molar-refractivity contribution in [3.05, 3.63) is 59.7 Å². The number of carbonyl (C=O) groups is 1. The molecule has 4 aromatic heterocycles. The molecule has 1 aromatic carbocycles. The number of likely N-dealkylation sites (tertiary alicyclic amines) is 1. The minimum Gasteiger partial charge on any atom is -0.473 e. The number of aromatic amines is 1. The van der Waals surface area contributed by atoms with E-state index in [-0.39, 0.29) is 24.5 Å². The Morgan fingerprint density at radius 2 is 2.05 bits per heavy atom. The second-order valence-corrected chi connectivity index (χ2v) is 10.6. The first kappa shape index (κ1) is 27.1. The number of aromatic nitrogens is 7. The van der Waals surface area contributed by atoms with E-state index < -0.39 is 0 Å². The lowest BCUT2D eigenvalue weighted by atomic mass is 10.1. The van der Waals surface area contributed by atoms with Crippen molar-refractivity contribution in [2.24, 2.45) is 7.05 Å². The predicted octanol–water partition coefficient (Wildman–Crippen LogP) is 3.49. The number of H-pyrrole nitrogens is 1. The number of carbonyl (C=O) groups excluding carboxylic acids is 1. The van der Waals surface area contributed by atoms with Gasteiger partial charge in [0.25, 0.3) is 0 Å². The third-order valence-electron chi connectivity index (χ3n) is 7.30. The van der Waals surface area contributed by atoms with Crippen LogP contribution in [0, 0.1) is 20.8 Å². The van der Waals surface area contributed by atoms with Crippen LogP contribution >= 0.6 is 0 Å². The third kappa shape index (κ3) is 5.72. The number of rotatable bonds is 8. The first-order valence-electron chi connectivity index (χ1n) is 13.7. The zero-order valence-electron chi connectivity index (χ0n) is 24.0. The van der Waals surface area contributed by atoms with E-state index in [4.69, 9.17) is 15.5 Å². The number of benzene rings is 1. The van der Waals surface area contributed by atoms with Gasteiger partial charge in [0, 0.05) is 67.0 Å². The van der Waals surface area contributed by atoms with Gasteiger partial charge in [0.1, 0.15) is 6.10 Å². The molecule has 1 amide bonds. The number of nitrogen functional groups attached to an aromatic ring is 1. The molecule has 1 aliphatic rings. The molecule has 5 aromatic rings. The highest BCUT2D eigenvalue weighted by atomic mass is 16.5. The van der Waals surface area contributed by atoms with Crippen LogP contribution in [0.5, 0.6) is 5.88 Å². The minimum atomic E-state index is -0.100. The Labute approximate surface area is 242 Å². The van der Waals surface area contributed by atoms with Gasteiger partial charge in [-0.2, -0.15) is 10.1 Å². The van der Waals surface area contributed by atoms with Crippen LogP contribution in [0.4, 0.5) is 23.4 Å². The standard InChI is InChI=1S/C29H33N11O2/c1-16-12-32-29(35-23-11-18(3)39(4)38-23)37-26(16)21-13-31-27-20(21)6-5-7-22(27)34-24(41)15-40-9-8-19(14-40)42-25-10-17(2)33-28(30)36-25/h5-7,10-13,19,31H,8-9,14-15H2,1-4H3,(H,34,41)(H2,30,33,36)(H,32,35,37,38)/t19-/m0/s1. The summed E-state index contributed by atoms with van der Waals surface area (Å²) < 4.78 is 7.79. The van der Waals surface area contributed by atoms with Gasteiger partial charge >= 0.3 is 0 Å². The molecule has 0 spiro atoms. The number of fused-ring (bicyclic) bond motifs is 1. The predicted molar refractivity (Wildman–Crippen MR) is 161 cm³/mol. The molecular formula is C29H33N11O2. The molecule has 5 N–H and O–H groups in total. The van der Waals surface area contributed by atoms with Crippen molar-refractivity contribution in [3.63, 3.8) is 0 Å². The average molecular weight is 568 g/mol. The number of nitrogens with one attached hydrogen (secondary N) is 3. The quantitative estimate of drug-likeness (QED) is 0.218. The first-order chi connectivity index (χ1) is 20.2. The zero-order valence-corrected chi connectivity index (χ0v) is 24.0. The number of amides is 1. The molecule has 13 nitrogen and oxygen atoms in total. The lowest BCUT2D eigenvalue weighted by Crippen LogP contribution is -2.33. The number of para-hydroxylation sites is 1. The SMILES string of the molecule is Cc1cc(O[C@H]2CCN(CC(=O)Nc3cccc4c(-c5nc(Nc6cc(C)n(C)n6)ncc5C)c[nH]c34)C2)nc(N)n1. The molecule has 0 bridgehead atoms. The Morgan fingerprint density at radius 3 is 2.83 bits per heavy atom. The summed E-state index contributed by atoms with van der Waals surface area (Å²) in [7, 11) is 1.89. The van der Waals surface area contributed by atoms with Gasteiger partial charge in [-0.1, -0.05) is 12.1 Å². The summed E-state index contributed by atoms with van der Waals surface area (Å²) in [4.78, 5) is 35.9. The molecule has 42 heavy (non-hydrogen) atoms. The average Bonchev–Trinajstić information content (AvgIpc) is 3.64. The van der Waals surface area contributed by atoms with Crippen molar-refractivity contribution in [1.29, 1.82) is 0 Å². The number of aryl methyl sites for hydroxylation is 4. The van der Waals surface area contributed by atoms with E-state index in [0.717, 1.165) is 52.1 Å². The van der Waals surface area contributed by atoms with Crippen molar-refractivity contribution in [2.75, 3.05) is 36.0 Å². The Hall–Kier alpha value is -5.04. The monoisotopic (exact) mass is 567 g/mol. The molecule has 0 saturated carbocycles. The van der Waals surface area contributed by atoms with E-state index in [1.165, 1.54) is 0 Å². The van der Waals surface area contributed by atoms with Crippen molar-refractivity contribution in [3.8, 4) is 17.1 Å². The molecule has 1 fully saturated rings. The highest BCUT2D eigenvalue weighted by molar-refractivity contribution is 6.06. The van der Waals surface area contributed by atoms with Gasteiger partial charge in [0.05, 0.1) is 23.4 Å². The first-order valence-corrected chi connectivity index (χ1v) is 13.7. The van der Waals surface area contributed by atoms with Crippen LogP contribution in [0.2, 0.25) is 0 Å². The summed E-state index contributed by atoms with van der Waals surface area (Å²) in [5.74, 6) is 1.68. The number of ether oxygens (including phenoxy) is 1. The Kier molecular flexibility index (Phi) is 7.17. The van der Waals surface area contributed by atoms with Crippen LogP contribution in [-0.4, -0.2) is 71.2 Å². The highest BCUT2D eigenvalue weighted by Crippen LogP contribution is 2.33. The van der Waals surface area contributed by atoms with E-state index in [9.17, 15) is 4.79 Å². The number of nitrogens with two attached hydrogens (primary N) is 1. The van der Waals surface area contributed by atoms with Crippen molar-refractivity contribution in [2.45, 2.75) is 33.3 Å². The second kappa shape index (κ2) is 11.1. The van der Waals surface area contributed by atoms with Crippen molar-refractivity contribution >= 4 is 40.2 Å². The van der Waals surface area contributed by atoms with Gasteiger partial charge in [0.2, 0.25) is 23.7 Å². The fourth-order valence-electron chi connectivity index (χ4n) is 5.19. The van der Waals surface area contributed by atoms with Gasteiger partial charge < -0.3 is 26.1 Å². The van der Waals surface area contributed by atoms with E-state index >= 15 is 0 Å². The maximum Gasteiger partial charge on any atom is 0.238 e. The second-order valence-electron chi connectivity index (χ2n) is 10.6. The Bertz CT molecular complexity index is 1740. The Balaban J connectivity index is 1.14. The number of hydrogen-bond donors (Lipinski definition) is 4. The minimum absolute atomic E-state index is 0.0712. The van der Waals surface area contributed by atoms with Crippen LogP contribution in [0.3, 0.4) is 0 Å². The lowest BCUT2D eigenvalue weighted by molar-refractivity contribution is -0.117. The van der Waals surface area contributed by atoms with E-state index in [1.807, 2.05) is 58.3 Å². The molecule has 216 valence electrons. The molecule has 6 rings (SSSR count). The lowest BCUT2D eigenvalue weighted by Gasteiger charge is -2.16. The smallest absolute Gasteiger partial charge is 0.238 e. The van der Waals surface area contributed by atoms with Gasteiger partial charge in [-0.05, 0) is 38.8 Å². The van der Waals surface area contributed by atoms with Gasteiger partial charge in [-0.25, -0.2) is 15.0 Å². The molecule has 0 unspecified atom stereocenters. The van der Waals surface area contributed by atoms with Crippen LogP contribution < -0.4 is 21.1 Å². The third-order valence-corrected chi connectivity index (χ3v) is 7.30. The summed E-state index contributed by atoms with van der Waals surface area (Å²) in [6.07, 6.45) is 4.42. The van der Waals surface area contributed by atoms with Gasteiger partial charge in [-0.3, -0.25) is 14.4 Å². The summed E-state index contributed by atoms with van der Waals surface area (Å²) in [5, 5.41) is 11.6.